The monoisotopic (exact) mass is 366 g/mol. The van der Waals surface area contributed by atoms with E-state index in [4.69, 9.17) is 0 Å². The average molecular weight is 366 g/mol. The van der Waals surface area contributed by atoms with Crippen LogP contribution in [-0.4, -0.2) is 0 Å². The molecule has 1 unspecified atom stereocenters. The molecule has 4 aromatic carbocycles. The average Bonchev–Trinajstić information content (AvgIpc) is 2.75. The fourth-order valence-corrected chi connectivity index (χ4v) is 4.42. The predicted molar refractivity (Wildman–Crippen MR) is 118 cm³/mol. The second kappa shape index (κ2) is 7.91. The minimum Gasteiger partial charge on any atom is -0.117 e. The fourth-order valence-electron chi connectivity index (χ4n) is 3.75. The molecule has 0 N–H and O–H groups in total. The van der Waals surface area contributed by atoms with E-state index in [1.165, 1.54) is 27.8 Å². The van der Waals surface area contributed by atoms with Crippen molar-refractivity contribution in [3.8, 4) is 0 Å². The molecule has 1 heteroatoms. The van der Waals surface area contributed by atoms with Crippen LogP contribution in [0.25, 0.3) is 0 Å². The Morgan fingerprint density at radius 2 is 0.963 bits per heavy atom. The van der Waals surface area contributed by atoms with Gasteiger partial charge in [-0.25, -0.2) is 0 Å². The van der Waals surface area contributed by atoms with Crippen molar-refractivity contribution in [2.75, 3.05) is 0 Å². The molecular weight excluding hydrogens is 343 g/mol. The molecule has 0 aliphatic carbocycles. The molecule has 0 nitrogen and oxygen atoms in total. The Morgan fingerprint density at radius 3 is 1.52 bits per heavy atom. The van der Waals surface area contributed by atoms with Crippen LogP contribution < -0.4 is 0 Å². The van der Waals surface area contributed by atoms with Crippen LogP contribution in [-0.2, 0) is 11.6 Å². The summed E-state index contributed by atoms with van der Waals surface area (Å²) in [6.45, 7) is 0. The minimum absolute atomic E-state index is 0.284. The van der Waals surface area contributed by atoms with E-state index in [0.717, 1.165) is 6.42 Å². The first-order valence-corrected chi connectivity index (χ1v) is 9.88. The summed E-state index contributed by atoms with van der Waals surface area (Å²) in [6.07, 6.45) is 0.923. The maximum atomic E-state index is 3.16. The van der Waals surface area contributed by atoms with E-state index in [2.05, 4.69) is 125 Å². The second-order valence-electron chi connectivity index (χ2n) is 6.86. The highest BCUT2D eigenvalue weighted by molar-refractivity contribution is 7.19. The molecule has 0 aliphatic heterocycles. The van der Waals surface area contributed by atoms with Crippen LogP contribution in [0.3, 0.4) is 0 Å². The third kappa shape index (κ3) is 3.59. The van der Waals surface area contributed by atoms with E-state index in [1.54, 1.807) is 0 Å². The zero-order chi connectivity index (χ0) is 18.5. The molecule has 1 atom stereocenters. The number of benzene rings is 4. The van der Waals surface area contributed by atoms with Gasteiger partial charge in [0.15, 0.2) is 0 Å². The molecule has 0 fully saturated rings. The van der Waals surface area contributed by atoms with Gasteiger partial charge in [0, 0.05) is 0 Å². The van der Waals surface area contributed by atoms with Gasteiger partial charge in [-0.2, -0.15) is 0 Å². The van der Waals surface area contributed by atoms with Crippen molar-refractivity contribution in [3.05, 3.63) is 143 Å². The van der Waals surface area contributed by atoms with Crippen LogP contribution in [0.2, 0.25) is 0 Å². The molecule has 0 aromatic heterocycles. The highest BCUT2D eigenvalue weighted by atomic mass is 31.0. The van der Waals surface area contributed by atoms with Crippen LogP contribution in [0.15, 0.2) is 115 Å². The van der Waals surface area contributed by atoms with E-state index in [-0.39, 0.29) is 5.16 Å². The lowest BCUT2D eigenvalue weighted by molar-refractivity contribution is 0.875. The fraction of sp³-hybridized carbons (Fsp3) is 0.0769. The molecular formula is C26H23P. The molecule has 0 bridgehead atoms. The van der Waals surface area contributed by atoms with E-state index in [0.29, 0.717) is 0 Å². The molecule has 132 valence electrons. The molecule has 0 aliphatic rings. The normalized spacial score (nSPS) is 11.3. The Labute approximate surface area is 164 Å². The van der Waals surface area contributed by atoms with Crippen LogP contribution in [0, 0.1) is 0 Å². The summed E-state index contributed by atoms with van der Waals surface area (Å²) >= 11 is 0. The van der Waals surface area contributed by atoms with E-state index in [9.17, 15) is 0 Å². The molecule has 27 heavy (non-hydrogen) atoms. The highest BCUT2D eigenvalue weighted by Crippen LogP contribution is 2.46. The molecule has 0 radical (unpaired) electrons. The van der Waals surface area contributed by atoms with Gasteiger partial charge in [0.1, 0.15) is 0 Å². The van der Waals surface area contributed by atoms with Crippen molar-refractivity contribution in [2.24, 2.45) is 0 Å². The van der Waals surface area contributed by atoms with Crippen molar-refractivity contribution in [3.63, 3.8) is 0 Å². The third-order valence-electron chi connectivity index (χ3n) is 5.14. The molecule has 0 saturated heterocycles. The Hall–Kier alpha value is -2.69. The maximum Gasteiger partial charge on any atom is 0.0594 e. The van der Waals surface area contributed by atoms with Crippen molar-refractivity contribution >= 4 is 9.24 Å². The standard InChI is InChI=1S/C26H23P/c27-26(23-15-6-2-7-16-23,24-17-8-3-9-18-24)25-19-11-10-14-22(25)20-21-12-4-1-5-13-21/h1-19H,20,27H2. The lowest BCUT2D eigenvalue weighted by atomic mass is 9.80. The highest BCUT2D eigenvalue weighted by Gasteiger charge is 2.32. The van der Waals surface area contributed by atoms with Crippen LogP contribution in [0.1, 0.15) is 27.8 Å². The van der Waals surface area contributed by atoms with E-state index in [1.807, 2.05) is 0 Å². The van der Waals surface area contributed by atoms with Crippen LogP contribution in [0.4, 0.5) is 0 Å². The first kappa shape index (κ1) is 17.7. The first-order chi connectivity index (χ1) is 13.3. The number of rotatable bonds is 5. The predicted octanol–water partition coefficient (Wildman–Crippen LogP) is 6.44. The smallest absolute Gasteiger partial charge is 0.0594 e. The van der Waals surface area contributed by atoms with E-state index < -0.39 is 0 Å². The van der Waals surface area contributed by atoms with Crippen molar-refractivity contribution < 1.29 is 0 Å². The summed E-state index contributed by atoms with van der Waals surface area (Å²) in [7, 11) is 3.16. The largest absolute Gasteiger partial charge is 0.117 e. The molecule has 0 spiro atoms. The van der Waals surface area contributed by atoms with Gasteiger partial charge in [-0.15, -0.1) is 9.24 Å². The summed E-state index contributed by atoms with van der Waals surface area (Å²) in [5, 5.41) is -0.284. The third-order valence-corrected chi connectivity index (χ3v) is 6.12. The van der Waals surface area contributed by atoms with E-state index >= 15 is 0 Å². The van der Waals surface area contributed by atoms with Gasteiger partial charge in [0.05, 0.1) is 5.16 Å². The maximum absolute atomic E-state index is 3.16. The lowest BCUT2D eigenvalue weighted by Gasteiger charge is -2.33. The zero-order valence-electron chi connectivity index (χ0n) is 15.3. The second-order valence-corrected chi connectivity index (χ2v) is 7.73. The quantitative estimate of drug-likeness (QED) is 0.281. The number of hydrogen-bond acceptors (Lipinski definition) is 0. The van der Waals surface area contributed by atoms with Gasteiger partial charge < -0.3 is 0 Å². The first-order valence-electron chi connectivity index (χ1n) is 9.31. The topological polar surface area (TPSA) is 0 Å². The minimum atomic E-state index is -0.284. The van der Waals surface area contributed by atoms with Gasteiger partial charge in [0.2, 0.25) is 0 Å². The van der Waals surface area contributed by atoms with Gasteiger partial charge in [-0.3, -0.25) is 0 Å². The molecule has 4 aromatic rings. The Morgan fingerprint density at radius 1 is 0.519 bits per heavy atom. The number of hydrogen-bond donors (Lipinski definition) is 0. The van der Waals surface area contributed by atoms with Crippen LogP contribution >= 0.6 is 9.24 Å². The van der Waals surface area contributed by atoms with Gasteiger partial charge in [-0.05, 0) is 34.2 Å². The van der Waals surface area contributed by atoms with Crippen molar-refractivity contribution in [1.29, 1.82) is 0 Å². The lowest BCUT2D eigenvalue weighted by Crippen LogP contribution is -2.23. The summed E-state index contributed by atoms with van der Waals surface area (Å²) in [4.78, 5) is 0. The summed E-state index contributed by atoms with van der Waals surface area (Å²) in [5.41, 5.74) is 6.57. The Bertz CT molecular complexity index is 952. The van der Waals surface area contributed by atoms with Crippen molar-refractivity contribution in [1.82, 2.24) is 0 Å². The summed E-state index contributed by atoms with van der Waals surface area (Å²) in [5.74, 6) is 0. The molecule has 0 amide bonds. The van der Waals surface area contributed by atoms with Crippen LogP contribution in [0.5, 0.6) is 0 Å². The van der Waals surface area contributed by atoms with Gasteiger partial charge >= 0.3 is 0 Å². The van der Waals surface area contributed by atoms with Gasteiger partial charge in [0.25, 0.3) is 0 Å². The zero-order valence-corrected chi connectivity index (χ0v) is 16.4. The summed E-state index contributed by atoms with van der Waals surface area (Å²) < 4.78 is 0. The Kier molecular flexibility index (Phi) is 5.19. The van der Waals surface area contributed by atoms with Crippen molar-refractivity contribution in [2.45, 2.75) is 11.6 Å². The van der Waals surface area contributed by atoms with Gasteiger partial charge in [-0.1, -0.05) is 115 Å². The molecule has 4 rings (SSSR count). The SMILES string of the molecule is PC(c1ccccc1)(c1ccccc1)c1ccccc1Cc1ccccc1. The molecule has 0 heterocycles. The summed E-state index contributed by atoms with van der Waals surface area (Å²) in [6, 6.07) is 41.0. The molecule has 0 saturated carbocycles. The Balaban J connectivity index is 1.90.